The van der Waals surface area contributed by atoms with E-state index >= 15 is 0 Å². The molecule has 2 amide bonds. The highest BCUT2D eigenvalue weighted by molar-refractivity contribution is 5.74. The molecule has 0 aromatic carbocycles. The Morgan fingerprint density at radius 3 is 2.67 bits per heavy atom. The highest BCUT2D eigenvalue weighted by atomic mass is 16.3. The molecule has 1 aromatic rings. The van der Waals surface area contributed by atoms with E-state index in [2.05, 4.69) is 15.7 Å². The van der Waals surface area contributed by atoms with Crippen molar-refractivity contribution >= 4 is 6.03 Å². The Labute approximate surface area is 107 Å². The highest BCUT2D eigenvalue weighted by Gasteiger charge is 2.10. The summed E-state index contributed by atoms with van der Waals surface area (Å²) in [6, 6.07) is -0.484. The third kappa shape index (κ3) is 3.73. The lowest BCUT2D eigenvalue weighted by Crippen LogP contribution is -2.42. The van der Waals surface area contributed by atoms with E-state index < -0.39 is 0 Å². The number of hydrogen-bond donors (Lipinski definition) is 3. The van der Waals surface area contributed by atoms with Crippen molar-refractivity contribution in [2.45, 2.75) is 33.2 Å². The molecule has 1 aromatic heterocycles. The average molecular weight is 254 g/mol. The first kappa shape index (κ1) is 14.5. The first-order valence-electron chi connectivity index (χ1n) is 6.10. The van der Waals surface area contributed by atoms with Crippen LogP contribution in [0.25, 0.3) is 0 Å². The number of nitrogens with zero attached hydrogens (tertiary/aromatic N) is 2. The molecular weight excluding hydrogens is 232 g/mol. The Morgan fingerprint density at radius 2 is 2.17 bits per heavy atom. The van der Waals surface area contributed by atoms with Crippen LogP contribution >= 0.6 is 0 Å². The molecule has 0 aliphatic rings. The molecule has 1 rings (SSSR count). The SMILES string of the molecule is Cc1nn(C)c(C)c1CCNC(=O)N[C@@H](C)CO. The van der Waals surface area contributed by atoms with Gasteiger partial charge in [-0.2, -0.15) is 5.10 Å². The Morgan fingerprint density at radius 1 is 1.50 bits per heavy atom. The maximum absolute atomic E-state index is 11.4. The van der Waals surface area contributed by atoms with Crippen LogP contribution in [0.15, 0.2) is 0 Å². The third-order valence-corrected chi connectivity index (χ3v) is 2.97. The lowest BCUT2D eigenvalue weighted by molar-refractivity contribution is 0.220. The van der Waals surface area contributed by atoms with Crippen molar-refractivity contribution in [1.29, 1.82) is 0 Å². The predicted molar refractivity (Wildman–Crippen MR) is 69.5 cm³/mol. The molecule has 102 valence electrons. The number of rotatable bonds is 5. The topological polar surface area (TPSA) is 79.2 Å². The minimum Gasteiger partial charge on any atom is -0.394 e. The van der Waals surface area contributed by atoms with Gasteiger partial charge in [-0.15, -0.1) is 0 Å². The fourth-order valence-corrected chi connectivity index (χ4v) is 1.80. The summed E-state index contributed by atoms with van der Waals surface area (Å²) < 4.78 is 1.85. The van der Waals surface area contributed by atoms with Gasteiger partial charge < -0.3 is 15.7 Å². The van der Waals surface area contributed by atoms with E-state index in [1.807, 2.05) is 25.6 Å². The number of aromatic nitrogens is 2. The second-order valence-electron chi connectivity index (χ2n) is 4.51. The molecule has 3 N–H and O–H groups in total. The summed E-state index contributed by atoms with van der Waals surface area (Å²) in [5.41, 5.74) is 3.30. The van der Waals surface area contributed by atoms with E-state index in [-0.39, 0.29) is 18.7 Å². The van der Waals surface area contributed by atoms with Gasteiger partial charge in [0, 0.05) is 19.3 Å². The number of hydrogen-bond acceptors (Lipinski definition) is 3. The van der Waals surface area contributed by atoms with Crippen LogP contribution in [-0.4, -0.2) is 40.1 Å². The summed E-state index contributed by atoms with van der Waals surface area (Å²) in [4.78, 5) is 11.4. The van der Waals surface area contributed by atoms with Crippen LogP contribution in [0.1, 0.15) is 23.9 Å². The van der Waals surface area contributed by atoms with Gasteiger partial charge in [0.1, 0.15) is 0 Å². The van der Waals surface area contributed by atoms with Crippen LogP contribution in [0.4, 0.5) is 4.79 Å². The standard InChI is InChI=1S/C12H22N4O2/c1-8(7-17)14-12(18)13-6-5-11-9(2)15-16(4)10(11)3/h8,17H,5-7H2,1-4H3,(H2,13,14,18)/t8-/m0/s1. The molecular formula is C12H22N4O2. The van der Waals surface area contributed by atoms with Gasteiger partial charge in [-0.25, -0.2) is 4.79 Å². The molecule has 18 heavy (non-hydrogen) atoms. The summed E-state index contributed by atoms with van der Waals surface area (Å²) in [7, 11) is 1.91. The van der Waals surface area contributed by atoms with Crippen LogP contribution in [0.3, 0.4) is 0 Å². The number of aliphatic hydroxyl groups excluding tert-OH is 1. The quantitative estimate of drug-likeness (QED) is 0.705. The van der Waals surface area contributed by atoms with Crippen molar-refractivity contribution in [1.82, 2.24) is 20.4 Å². The van der Waals surface area contributed by atoms with Crippen molar-refractivity contribution in [3.63, 3.8) is 0 Å². The molecule has 0 aliphatic carbocycles. The molecule has 1 atom stereocenters. The van der Waals surface area contributed by atoms with E-state index in [9.17, 15) is 4.79 Å². The molecule has 0 spiro atoms. The van der Waals surface area contributed by atoms with Gasteiger partial charge in [-0.1, -0.05) is 0 Å². The normalized spacial score (nSPS) is 12.3. The third-order valence-electron chi connectivity index (χ3n) is 2.97. The molecule has 0 bridgehead atoms. The van der Waals surface area contributed by atoms with Crippen LogP contribution in [0.2, 0.25) is 0 Å². The molecule has 0 aliphatic heterocycles. The van der Waals surface area contributed by atoms with E-state index in [4.69, 9.17) is 5.11 Å². The highest BCUT2D eigenvalue weighted by Crippen LogP contribution is 2.11. The zero-order valence-corrected chi connectivity index (χ0v) is 11.4. The molecule has 6 heteroatoms. The van der Waals surface area contributed by atoms with Crippen molar-refractivity contribution in [2.75, 3.05) is 13.2 Å². The summed E-state index contributed by atoms with van der Waals surface area (Å²) in [5, 5.41) is 18.5. The summed E-state index contributed by atoms with van der Waals surface area (Å²) in [6.07, 6.45) is 0.756. The van der Waals surface area contributed by atoms with Crippen molar-refractivity contribution in [3.05, 3.63) is 17.0 Å². The zero-order chi connectivity index (χ0) is 13.7. The van der Waals surface area contributed by atoms with E-state index in [1.165, 1.54) is 5.56 Å². The molecule has 0 fully saturated rings. The minimum atomic E-state index is -0.254. The van der Waals surface area contributed by atoms with Gasteiger partial charge in [0.15, 0.2) is 0 Å². The Bertz CT molecular complexity index is 414. The number of carbonyl (C=O) groups excluding carboxylic acids is 1. The largest absolute Gasteiger partial charge is 0.394 e. The van der Waals surface area contributed by atoms with E-state index in [0.717, 1.165) is 17.8 Å². The molecule has 1 heterocycles. The second kappa shape index (κ2) is 6.39. The summed E-state index contributed by atoms with van der Waals surface area (Å²) in [6.45, 7) is 6.22. The summed E-state index contributed by atoms with van der Waals surface area (Å²) >= 11 is 0. The van der Waals surface area contributed by atoms with Gasteiger partial charge in [-0.3, -0.25) is 4.68 Å². The predicted octanol–water partition coefficient (Wildman–Crippen LogP) is 0.259. The van der Waals surface area contributed by atoms with Gasteiger partial charge in [-0.05, 0) is 32.8 Å². The number of aliphatic hydroxyl groups is 1. The number of aryl methyl sites for hydroxylation is 2. The molecule has 6 nitrogen and oxygen atoms in total. The molecule has 0 radical (unpaired) electrons. The maximum atomic E-state index is 11.4. The number of urea groups is 1. The van der Waals surface area contributed by atoms with E-state index in [1.54, 1.807) is 6.92 Å². The average Bonchev–Trinajstić information content (AvgIpc) is 2.55. The van der Waals surface area contributed by atoms with Crippen LogP contribution < -0.4 is 10.6 Å². The first-order chi connectivity index (χ1) is 8.45. The second-order valence-corrected chi connectivity index (χ2v) is 4.51. The monoisotopic (exact) mass is 254 g/mol. The van der Waals surface area contributed by atoms with Crippen molar-refractivity contribution in [3.8, 4) is 0 Å². The Hall–Kier alpha value is -1.56. The lowest BCUT2D eigenvalue weighted by atomic mass is 10.1. The van der Waals surface area contributed by atoms with Crippen molar-refractivity contribution in [2.24, 2.45) is 7.05 Å². The number of nitrogens with one attached hydrogen (secondary N) is 2. The molecule has 0 unspecified atom stereocenters. The Balaban J connectivity index is 2.40. The fourth-order valence-electron chi connectivity index (χ4n) is 1.80. The number of amides is 2. The Kier molecular flexibility index (Phi) is 5.15. The first-order valence-corrected chi connectivity index (χ1v) is 6.10. The fraction of sp³-hybridized carbons (Fsp3) is 0.667. The zero-order valence-electron chi connectivity index (χ0n) is 11.4. The summed E-state index contributed by atoms with van der Waals surface area (Å²) in [5.74, 6) is 0. The van der Waals surface area contributed by atoms with Gasteiger partial charge in [0.25, 0.3) is 0 Å². The lowest BCUT2D eigenvalue weighted by Gasteiger charge is -2.11. The van der Waals surface area contributed by atoms with Gasteiger partial charge in [0.05, 0.1) is 18.3 Å². The van der Waals surface area contributed by atoms with Crippen LogP contribution in [0, 0.1) is 13.8 Å². The smallest absolute Gasteiger partial charge is 0.315 e. The van der Waals surface area contributed by atoms with Gasteiger partial charge >= 0.3 is 6.03 Å². The van der Waals surface area contributed by atoms with Crippen molar-refractivity contribution < 1.29 is 9.90 Å². The van der Waals surface area contributed by atoms with Crippen LogP contribution in [0.5, 0.6) is 0 Å². The number of carbonyl (C=O) groups is 1. The minimum absolute atomic E-state index is 0.0613. The molecule has 0 saturated carbocycles. The van der Waals surface area contributed by atoms with Crippen LogP contribution in [-0.2, 0) is 13.5 Å². The molecule has 0 saturated heterocycles. The maximum Gasteiger partial charge on any atom is 0.315 e. The van der Waals surface area contributed by atoms with Gasteiger partial charge in [0.2, 0.25) is 0 Å². The van der Waals surface area contributed by atoms with E-state index in [0.29, 0.717) is 6.54 Å².